The van der Waals surface area contributed by atoms with Gasteiger partial charge in [0, 0.05) is 37.3 Å². The molecule has 0 aliphatic rings. The van der Waals surface area contributed by atoms with Crippen LogP contribution in [0.4, 0.5) is 11.4 Å². The lowest BCUT2D eigenvalue weighted by Gasteiger charge is -2.19. The quantitative estimate of drug-likeness (QED) is 0.379. The number of rotatable bonds is 9. The third kappa shape index (κ3) is 5.78. The molecule has 0 aromatic heterocycles. The molecule has 8 nitrogen and oxygen atoms in total. The Morgan fingerprint density at radius 3 is 2.45 bits per heavy atom. The van der Waals surface area contributed by atoms with E-state index >= 15 is 0 Å². The van der Waals surface area contributed by atoms with Crippen molar-refractivity contribution < 1.29 is 19.2 Å². The average Bonchev–Trinajstić information content (AvgIpc) is 2.74. The molecule has 154 valence electrons. The van der Waals surface area contributed by atoms with Crippen molar-refractivity contribution in [3.63, 3.8) is 0 Å². The Balaban J connectivity index is 2.01. The number of hydrogen-bond acceptors (Lipinski definition) is 6. The molecular formula is C21H25N3O5. The van der Waals surface area contributed by atoms with Gasteiger partial charge in [-0.1, -0.05) is 37.3 Å². The van der Waals surface area contributed by atoms with Crippen molar-refractivity contribution in [2.45, 2.75) is 32.3 Å². The number of carbonyl (C=O) groups excluding carboxylic acids is 2. The Labute approximate surface area is 169 Å². The first-order valence-electron chi connectivity index (χ1n) is 9.37. The minimum Gasteiger partial charge on any atom is -0.449 e. The number of nitro groups is 1. The number of benzene rings is 2. The Morgan fingerprint density at radius 1 is 1.17 bits per heavy atom. The number of hydrogen-bond donors (Lipinski definition) is 2. The molecule has 29 heavy (non-hydrogen) atoms. The summed E-state index contributed by atoms with van der Waals surface area (Å²) in [5.74, 6) is -1.09. The van der Waals surface area contributed by atoms with Crippen LogP contribution in [0.5, 0.6) is 0 Å². The number of nitrogens with zero attached hydrogens (tertiary/aromatic N) is 1. The largest absolute Gasteiger partial charge is 0.449 e. The van der Waals surface area contributed by atoms with E-state index in [2.05, 4.69) is 10.6 Å². The van der Waals surface area contributed by atoms with Crippen LogP contribution in [0.25, 0.3) is 0 Å². The van der Waals surface area contributed by atoms with Crippen LogP contribution in [-0.2, 0) is 9.53 Å². The van der Waals surface area contributed by atoms with E-state index in [-0.39, 0.29) is 17.2 Å². The topological polar surface area (TPSA) is 111 Å². The summed E-state index contributed by atoms with van der Waals surface area (Å²) in [5, 5.41) is 16.6. The van der Waals surface area contributed by atoms with Crippen LogP contribution in [0.3, 0.4) is 0 Å². The zero-order valence-electron chi connectivity index (χ0n) is 16.7. The van der Waals surface area contributed by atoms with Crippen LogP contribution in [0.2, 0.25) is 0 Å². The molecule has 0 saturated heterocycles. The van der Waals surface area contributed by atoms with E-state index in [4.69, 9.17) is 4.74 Å². The van der Waals surface area contributed by atoms with Gasteiger partial charge in [0.15, 0.2) is 6.10 Å². The lowest BCUT2D eigenvalue weighted by Crippen LogP contribution is -2.38. The standard InChI is InChI=1S/C21H25N3O5/c1-4-15(16-8-6-5-7-9-16)13-23-20(25)14(2)29-21(26)18-12-17(24(27)28)10-11-19(18)22-3/h5-12,14-15,22H,4,13H2,1-3H3,(H,23,25)/t14-,15+/m1/s1. The fraction of sp³-hybridized carbons (Fsp3) is 0.333. The van der Waals surface area contributed by atoms with E-state index in [1.807, 2.05) is 37.3 Å². The molecule has 0 spiro atoms. The smallest absolute Gasteiger partial charge is 0.341 e. The normalized spacial score (nSPS) is 12.5. The van der Waals surface area contributed by atoms with E-state index < -0.39 is 22.9 Å². The second-order valence-corrected chi connectivity index (χ2v) is 6.55. The summed E-state index contributed by atoms with van der Waals surface area (Å²) in [6.07, 6.45) is -0.197. The van der Waals surface area contributed by atoms with Gasteiger partial charge < -0.3 is 15.4 Å². The summed E-state index contributed by atoms with van der Waals surface area (Å²) in [6.45, 7) is 3.92. The molecule has 1 amide bonds. The van der Waals surface area contributed by atoms with Gasteiger partial charge in [0.05, 0.1) is 10.5 Å². The van der Waals surface area contributed by atoms with Crippen LogP contribution in [-0.4, -0.2) is 36.5 Å². The molecule has 2 aromatic rings. The fourth-order valence-electron chi connectivity index (χ4n) is 2.90. The van der Waals surface area contributed by atoms with Crippen molar-refractivity contribution in [3.8, 4) is 0 Å². The van der Waals surface area contributed by atoms with Crippen molar-refractivity contribution in [1.29, 1.82) is 0 Å². The predicted octanol–water partition coefficient (Wildman–Crippen LogP) is 3.49. The van der Waals surface area contributed by atoms with E-state index in [9.17, 15) is 19.7 Å². The molecule has 0 radical (unpaired) electrons. The van der Waals surface area contributed by atoms with Crippen molar-refractivity contribution in [2.75, 3.05) is 18.9 Å². The number of esters is 1. The maximum atomic E-state index is 12.5. The Hall–Kier alpha value is -3.42. The number of anilines is 1. The maximum Gasteiger partial charge on any atom is 0.341 e. The van der Waals surface area contributed by atoms with Crippen LogP contribution in [0.1, 0.15) is 42.1 Å². The monoisotopic (exact) mass is 399 g/mol. The Kier molecular flexibility index (Phi) is 7.70. The number of carbonyl (C=O) groups is 2. The molecule has 0 bridgehead atoms. The maximum absolute atomic E-state index is 12.5. The highest BCUT2D eigenvalue weighted by atomic mass is 16.6. The first-order chi connectivity index (χ1) is 13.9. The van der Waals surface area contributed by atoms with Gasteiger partial charge in [-0.05, 0) is 25.0 Å². The number of nitro benzene ring substituents is 1. The van der Waals surface area contributed by atoms with E-state index in [0.29, 0.717) is 12.2 Å². The fourth-order valence-corrected chi connectivity index (χ4v) is 2.90. The number of non-ortho nitro benzene ring substituents is 1. The summed E-state index contributed by atoms with van der Waals surface area (Å²) >= 11 is 0. The van der Waals surface area contributed by atoms with Crippen LogP contribution in [0, 0.1) is 10.1 Å². The van der Waals surface area contributed by atoms with E-state index in [0.717, 1.165) is 18.1 Å². The first-order valence-corrected chi connectivity index (χ1v) is 9.37. The Bertz CT molecular complexity index is 870. The molecule has 0 saturated carbocycles. The molecule has 0 fully saturated rings. The van der Waals surface area contributed by atoms with Crippen molar-refractivity contribution in [2.24, 2.45) is 0 Å². The molecule has 2 atom stereocenters. The molecule has 0 unspecified atom stereocenters. The zero-order valence-corrected chi connectivity index (χ0v) is 16.7. The molecule has 0 aliphatic heterocycles. The minimum absolute atomic E-state index is 0.00271. The van der Waals surface area contributed by atoms with Gasteiger partial charge in [-0.2, -0.15) is 0 Å². The molecule has 2 N–H and O–H groups in total. The van der Waals surface area contributed by atoms with E-state index in [1.165, 1.54) is 19.1 Å². The molecule has 0 heterocycles. The lowest BCUT2D eigenvalue weighted by atomic mass is 9.96. The van der Waals surface area contributed by atoms with Crippen LogP contribution < -0.4 is 10.6 Å². The highest BCUT2D eigenvalue weighted by Gasteiger charge is 2.23. The van der Waals surface area contributed by atoms with Gasteiger partial charge in [0.25, 0.3) is 11.6 Å². The summed E-state index contributed by atoms with van der Waals surface area (Å²) in [6, 6.07) is 13.7. The molecule has 2 rings (SSSR count). The molecule has 8 heteroatoms. The van der Waals surface area contributed by atoms with Gasteiger partial charge in [-0.15, -0.1) is 0 Å². The van der Waals surface area contributed by atoms with Gasteiger partial charge >= 0.3 is 5.97 Å². The molecule has 2 aromatic carbocycles. The number of ether oxygens (including phenoxy) is 1. The molecule has 0 aliphatic carbocycles. The third-order valence-electron chi connectivity index (χ3n) is 4.64. The van der Waals surface area contributed by atoms with Gasteiger partial charge in [-0.3, -0.25) is 14.9 Å². The lowest BCUT2D eigenvalue weighted by molar-refractivity contribution is -0.384. The van der Waals surface area contributed by atoms with Crippen molar-refractivity contribution >= 4 is 23.3 Å². The zero-order chi connectivity index (χ0) is 21.4. The van der Waals surface area contributed by atoms with Gasteiger partial charge in [0.1, 0.15) is 0 Å². The SMILES string of the molecule is CC[C@@H](CNC(=O)[C@@H](C)OC(=O)c1cc([N+](=O)[O-])ccc1NC)c1ccccc1. The summed E-state index contributed by atoms with van der Waals surface area (Å²) in [4.78, 5) is 35.2. The molecular weight excluding hydrogens is 374 g/mol. The third-order valence-corrected chi connectivity index (χ3v) is 4.64. The summed E-state index contributed by atoms with van der Waals surface area (Å²) < 4.78 is 5.23. The Morgan fingerprint density at radius 2 is 1.86 bits per heavy atom. The highest BCUT2D eigenvalue weighted by molar-refractivity contribution is 5.98. The first kappa shape index (κ1) is 21.9. The summed E-state index contributed by atoms with van der Waals surface area (Å²) in [5.41, 5.74) is 1.26. The van der Waals surface area contributed by atoms with Gasteiger partial charge in [-0.25, -0.2) is 4.79 Å². The number of amides is 1. The van der Waals surface area contributed by atoms with Crippen LogP contribution in [0.15, 0.2) is 48.5 Å². The minimum atomic E-state index is -1.04. The average molecular weight is 399 g/mol. The second-order valence-electron chi connectivity index (χ2n) is 6.55. The van der Waals surface area contributed by atoms with Crippen molar-refractivity contribution in [1.82, 2.24) is 5.32 Å². The van der Waals surface area contributed by atoms with E-state index in [1.54, 1.807) is 7.05 Å². The van der Waals surface area contributed by atoms with Crippen molar-refractivity contribution in [3.05, 3.63) is 69.8 Å². The predicted molar refractivity (Wildman–Crippen MR) is 110 cm³/mol. The highest BCUT2D eigenvalue weighted by Crippen LogP contribution is 2.23. The summed E-state index contributed by atoms with van der Waals surface area (Å²) in [7, 11) is 1.59. The second kappa shape index (κ2) is 10.2. The number of nitrogens with one attached hydrogen (secondary N) is 2. The van der Waals surface area contributed by atoms with Crippen LogP contribution >= 0.6 is 0 Å². The van der Waals surface area contributed by atoms with Gasteiger partial charge in [0.2, 0.25) is 0 Å².